The van der Waals surface area contributed by atoms with Gasteiger partial charge in [0.2, 0.25) is 0 Å². The van der Waals surface area contributed by atoms with Gasteiger partial charge >= 0.3 is 5.97 Å². The number of aliphatic imine (C=N–C) groups is 1. The van der Waals surface area contributed by atoms with Crippen LogP contribution in [0.5, 0.6) is 0 Å². The lowest BCUT2D eigenvalue weighted by Gasteiger charge is -2.30. The fourth-order valence-corrected chi connectivity index (χ4v) is 4.41. The average molecular weight is 545 g/mol. The summed E-state index contributed by atoms with van der Waals surface area (Å²) in [6.45, 7) is 0.294. The summed E-state index contributed by atoms with van der Waals surface area (Å²) in [5, 5.41) is 12.4. The van der Waals surface area contributed by atoms with Gasteiger partial charge in [0.05, 0.1) is 22.2 Å². The maximum atomic E-state index is 12.9. The quantitative estimate of drug-likeness (QED) is 0.215. The van der Waals surface area contributed by atoms with Crippen LogP contribution in [-0.4, -0.2) is 52.9 Å². The molecular weight excluding hydrogens is 525 g/mol. The summed E-state index contributed by atoms with van der Waals surface area (Å²) in [6.07, 6.45) is 0.391. The number of fused-ring (bicyclic) bond motifs is 1. The number of aliphatic carboxylic acids is 1. The number of carboxylic acids is 1. The van der Waals surface area contributed by atoms with E-state index in [0.29, 0.717) is 34.7 Å². The number of guanidine groups is 1. The van der Waals surface area contributed by atoms with Crippen molar-refractivity contribution in [3.8, 4) is 0 Å². The SMILES string of the molecule is NC(=NC[C@H](NC(=O)c1c(Cl)cc2c(c1Cl)CCN(C(=O)c1ccc(Cl)cc1)C2)C(=O)O)NS. The predicted molar refractivity (Wildman–Crippen MR) is 134 cm³/mol. The van der Waals surface area contributed by atoms with Crippen LogP contribution in [0, 0.1) is 0 Å². The summed E-state index contributed by atoms with van der Waals surface area (Å²) >= 11 is 22.5. The first-order valence-electron chi connectivity index (χ1n) is 9.90. The molecule has 1 heterocycles. The second kappa shape index (κ2) is 11.2. The van der Waals surface area contributed by atoms with E-state index >= 15 is 0 Å². The van der Waals surface area contributed by atoms with Crippen LogP contribution in [-0.2, 0) is 17.8 Å². The first-order valence-corrected chi connectivity index (χ1v) is 11.5. The molecule has 1 aliphatic heterocycles. The Bertz CT molecular complexity index is 1160. The Balaban J connectivity index is 1.81. The Kier molecular flexibility index (Phi) is 8.53. The van der Waals surface area contributed by atoms with Gasteiger partial charge in [0.25, 0.3) is 11.8 Å². The Morgan fingerprint density at radius 3 is 2.50 bits per heavy atom. The van der Waals surface area contributed by atoms with Crippen molar-refractivity contribution in [3.63, 3.8) is 0 Å². The lowest BCUT2D eigenvalue weighted by molar-refractivity contribution is -0.138. The number of hydrogen-bond donors (Lipinski definition) is 5. The molecule has 0 fully saturated rings. The van der Waals surface area contributed by atoms with Gasteiger partial charge in [0.15, 0.2) is 5.96 Å². The molecular formula is C21H20Cl3N5O4S. The molecule has 34 heavy (non-hydrogen) atoms. The van der Waals surface area contributed by atoms with Crippen LogP contribution in [0.2, 0.25) is 15.1 Å². The minimum absolute atomic E-state index is 0.0335. The molecule has 2 aromatic rings. The Labute approximate surface area is 215 Å². The van der Waals surface area contributed by atoms with E-state index in [1.54, 1.807) is 35.2 Å². The van der Waals surface area contributed by atoms with E-state index in [9.17, 15) is 19.5 Å². The molecule has 0 unspecified atom stereocenters. The van der Waals surface area contributed by atoms with Crippen LogP contribution in [0.15, 0.2) is 35.3 Å². The van der Waals surface area contributed by atoms with Gasteiger partial charge in [0.1, 0.15) is 6.04 Å². The molecule has 0 bridgehead atoms. The molecule has 2 aromatic carbocycles. The van der Waals surface area contributed by atoms with Gasteiger partial charge in [-0.05, 0) is 47.9 Å². The first-order chi connectivity index (χ1) is 16.1. The number of carbonyl (C=O) groups is 3. The standard InChI is InChI=1S/C21H20Cl3N5O4S/c22-12-3-1-10(2-4-12)19(31)29-6-5-13-11(9-29)7-14(23)16(17(13)24)18(30)27-15(20(32)33)8-26-21(25)28-34/h1-4,7,15,34H,5-6,8-9H2,(H,27,30)(H,32,33)(H3,25,26,28)/t15-/m0/s1. The van der Waals surface area contributed by atoms with Crippen LogP contribution in [0.25, 0.3) is 0 Å². The monoisotopic (exact) mass is 543 g/mol. The normalized spacial score (nSPS) is 14.2. The molecule has 3 rings (SSSR count). The average Bonchev–Trinajstić information content (AvgIpc) is 2.80. The fraction of sp³-hybridized carbons (Fsp3) is 0.238. The summed E-state index contributed by atoms with van der Waals surface area (Å²) in [5.74, 6) is -2.36. The van der Waals surface area contributed by atoms with Crippen LogP contribution in [0.4, 0.5) is 0 Å². The number of benzene rings is 2. The second-order valence-electron chi connectivity index (χ2n) is 7.37. The van der Waals surface area contributed by atoms with E-state index in [2.05, 4.69) is 27.8 Å². The van der Waals surface area contributed by atoms with E-state index in [-0.39, 0.29) is 40.6 Å². The summed E-state index contributed by atoms with van der Waals surface area (Å²) in [6, 6.07) is 6.78. The second-order valence-corrected chi connectivity index (χ2v) is 8.82. The minimum Gasteiger partial charge on any atom is -0.480 e. The number of nitrogens with one attached hydrogen (secondary N) is 2. The lowest BCUT2D eigenvalue weighted by Crippen LogP contribution is -2.44. The zero-order valence-electron chi connectivity index (χ0n) is 17.5. The van der Waals surface area contributed by atoms with Gasteiger partial charge in [0, 0.05) is 23.7 Å². The Morgan fingerprint density at radius 2 is 1.88 bits per heavy atom. The molecule has 0 aliphatic carbocycles. The van der Waals surface area contributed by atoms with E-state index < -0.39 is 17.9 Å². The number of amides is 2. The predicted octanol–water partition coefficient (Wildman–Crippen LogP) is 2.78. The first kappa shape index (κ1) is 26.0. The van der Waals surface area contributed by atoms with E-state index in [0.717, 1.165) is 0 Å². The zero-order valence-corrected chi connectivity index (χ0v) is 20.7. The number of nitrogens with zero attached hydrogens (tertiary/aromatic N) is 2. The highest BCUT2D eigenvalue weighted by molar-refractivity contribution is 7.78. The summed E-state index contributed by atoms with van der Waals surface area (Å²) in [7, 11) is 0. The largest absolute Gasteiger partial charge is 0.480 e. The number of thiol groups is 1. The number of nitrogens with two attached hydrogens (primary N) is 1. The van der Waals surface area contributed by atoms with Gasteiger partial charge < -0.3 is 25.8 Å². The third-order valence-electron chi connectivity index (χ3n) is 5.17. The molecule has 9 nitrogen and oxygen atoms in total. The highest BCUT2D eigenvalue weighted by atomic mass is 35.5. The highest BCUT2D eigenvalue weighted by Gasteiger charge is 2.29. The smallest absolute Gasteiger partial charge is 0.328 e. The maximum Gasteiger partial charge on any atom is 0.328 e. The van der Waals surface area contributed by atoms with Crippen molar-refractivity contribution in [2.45, 2.75) is 19.0 Å². The van der Waals surface area contributed by atoms with Crippen molar-refractivity contribution in [1.82, 2.24) is 14.9 Å². The lowest BCUT2D eigenvalue weighted by atomic mass is 9.96. The van der Waals surface area contributed by atoms with Crippen LogP contribution in [0.1, 0.15) is 31.8 Å². The van der Waals surface area contributed by atoms with Crippen molar-refractivity contribution >= 4 is 71.4 Å². The Morgan fingerprint density at radius 1 is 1.21 bits per heavy atom. The summed E-state index contributed by atoms with van der Waals surface area (Å²) < 4.78 is 2.26. The maximum absolute atomic E-state index is 12.9. The summed E-state index contributed by atoms with van der Waals surface area (Å²) in [5.41, 5.74) is 7.27. The van der Waals surface area contributed by atoms with E-state index in [4.69, 9.17) is 40.5 Å². The number of rotatable bonds is 6. The molecule has 1 aliphatic rings. The van der Waals surface area contributed by atoms with Crippen molar-refractivity contribution < 1.29 is 19.5 Å². The van der Waals surface area contributed by atoms with Crippen LogP contribution in [0.3, 0.4) is 0 Å². The number of halogens is 3. The van der Waals surface area contributed by atoms with Crippen molar-refractivity contribution in [2.75, 3.05) is 13.1 Å². The van der Waals surface area contributed by atoms with E-state index in [1.807, 2.05) is 0 Å². The molecule has 0 spiro atoms. The molecule has 1 atom stereocenters. The number of carbonyl (C=O) groups excluding carboxylic acids is 2. The number of hydrogen-bond acceptors (Lipinski definition) is 5. The molecule has 13 heteroatoms. The molecule has 5 N–H and O–H groups in total. The molecule has 2 amide bonds. The van der Waals surface area contributed by atoms with Crippen molar-refractivity contribution in [2.24, 2.45) is 10.7 Å². The third kappa shape index (κ3) is 5.87. The minimum atomic E-state index is -1.37. The molecule has 0 aromatic heterocycles. The van der Waals surface area contributed by atoms with E-state index in [1.165, 1.54) is 0 Å². The number of carboxylic acid groups (broad SMARTS) is 1. The third-order valence-corrected chi connectivity index (χ3v) is 6.37. The van der Waals surface area contributed by atoms with Gasteiger partial charge in [-0.25, -0.2) is 9.79 Å². The van der Waals surface area contributed by atoms with Gasteiger partial charge in [-0.15, -0.1) is 0 Å². The summed E-state index contributed by atoms with van der Waals surface area (Å²) in [4.78, 5) is 42.7. The molecule has 0 saturated carbocycles. The van der Waals surface area contributed by atoms with Gasteiger partial charge in [-0.1, -0.05) is 47.6 Å². The molecule has 180 valence electrons. The van der Waals surface area contributed by atoms with Crippen LogP contribution < -0.4 is 15.8 Å². The highest BCUT2D eigenvalue weighted by Crippen LogP contribution is 2.35. The van der Waals surface area contributed by atoms with Gasteiger partial charge in [-0.3, -0.25) is 9.59 Å². The topological polar surface area (TPSA) is 137 Å². The fourth-order valence-electron chi connectivity index (χ4n) is 3.45. The van der Waals surface area contributed by atoms with Crippen molar-refractivity contribution in [3.05, 3.63) is 67.7 Å². The van der Waals surface area contributed by atoms with Crippen LogP contribution >= 0.6 is 47.6 Å². The molecule has 0 radical (unpaired) electrons. The Hall–Kier alpha value is -2.66. The van der Waals surface area contributed by atoms with Gasteiger partial charge in [-0.2, -0.15) is 0 Å². The zero-order chi connectivity index (χ0) is 25.0. The molecule has 0 saturated heterocycles. The van der Waals surface area contributed by atoms with Crippen molar-refractivity contribution in [1.29, 1.82) is 0 Å².